The second-order valence-electron chi connectivity index (χ2n) is 8.32. The highest BCUT2D eigenvalue weighted by Gasteiger charge is 2.30. The van der Waals surface area contributed by atoms with Gasteiger partial charge in [-0.2, -0.15) is 0 Å². The molecule has 0 radical (unpaired) electrons. The lowest BCUT2D eigenvalue weighted by molar-refractivity contribution is -0.156. The molecule has 184 valence electrons. The topological polar surface area (TPSA) is 127 Å². The highest BCUT2D eigenvalue weighted by atomic mass is 16.5. The zero-order chi connectivity index (χ0) is 23.3. The Hall–Kier alpha value is -0.990. The van der Waals surface area contributed by atoms with E-state index in [1.54, 1.807) is 0 Å². The van der Waals surface area contributed by atoms with E-state index in [0.29, 0.717) is 6.42 Å². The molecule has 4 unspecified atom stereocenters. The monoisotopic (exact) mass is 446 g/mol. The minimum absolute atomic E-state index is 0.239. The summed E-state index contributed by atoms with van der Waals surface area (Å²) in [4.78, 5) is 11.7. The molecule has 0 rings (SSSR count). The van der Waals surface area contributed by atoms with Crippen LogP contribution in [0, 0.1) is 0 Å². The van der Waals surface area contributed by atoms with Gasteiger partial charge < -0.3 is 30.3 Å². The Kier molecular flexibility index (Phi) is 20.2. The van der Waals surface area contributed by atoms with E-state index < -0.39 is 43.6 Å². The molecule has 0 saturated heterocycles. The van der Waals surface area contributed by atoms with E-state index in [4.69, 9.17) is 9.84 Å². The van der Waals surface area contributed by atoms with Gasteiger partial charge in [0.25, 0.3) is 0 Å². The molecule has 0 aliphatic rings. The minimum atomic E-state index is -1.72. The molecule has 5 N–H and O–H groups in total. The fourth-order valence-corrected chi connectivity index (χ4v) is 3.25. The third kappa shape index (κ3) is 17.3. The van der Waals surface area contributed by atoms with E-state index in [-0.39, 0.29) is 6.42 Å². The van der Waals surface area contributed by atoms with E-state index in [2.05, 4.69) is 19.1 Å². The highest BCUT2D eigenvalue weighted by molar-refractivity contribution is 5.69. The number of aliphatic hydroxyl groups excluding tert-OH is 5. The van der Waals surface area contributed by atoms with Crippen molar-refractivity contribution in [1.82, 2.24) is 0 Å². The van der Waals surface area contributed by atoms with Crippen LogP contribution in [-0.2, 0) is 9.53 Å². The van der Waals surface area contributed by atoms with Crippen LogP contribution in [-0.4, -0.2) is 69.1 Å². The summed E-state index contributed by atoms with van der Waals surface area (Å²) in [6.07, 6.45) is 13.5. The summed E-state index contributed by atoms with van der Waals surface area (Å²) < 4.78 is 4.89. The molecular formula is C24H46O7. The molecule has 0 fully saturated rings. The van der Waals surface area contributed by atoms with Gasteiger partial charge in [-0.25, -0.2) is 0 Å². The number of aliphatic hydroxyl groups is 5. The molecule has 0 aliphatic carbocycles. The number of rotatable bonds is 21. The zero-order valence-corrected chi connectivity index (χ0v) is 19.3. The van der Waals surface area contributed by atoms with Crippen LogP contribution in [0.1, 0.15) is 96.8 Å². The molecule has 0 aromatic carbocycles. The van der Waals surface area contributed by atoms with Crippen molar-refractivity contribution in [2.24, 2.45) is 0 Å². The van der Waals surface area contributed by atoms with E-state index in [0.717, 1.165) is 32.1 Å². The number of carbonyl (C=O) groups excluding carboxylic acids is 1. The number of hydrogen-bond donors (Lipinski definition) is 5. The average molecular weight is 447 g/mol. The van der Waals surface area contributed by atoms with Crippen LogP contribution in [0.5, 0.6) is 0 Å². The SMILES string of the molecule is CCCCCCCC/C=C\CCCCCCCC(=O)OCC(O)C(O)C(O)C(O)CO. The molecule has 0 aromatic rings. The molecular weight excluding hydrogens is 400 g/mol. The predicted octanol–water partition coefficient (Wildman–Crippen LogP) is 3.00. The molecule has 0 aromatic heterocycles. The van der Waals surface area contributed by atoms with E-state index in [1.807, 2.05) is 0 Å². The second kappa shape index (κ2) is 20.9. The third-order valence-electron chi connectivity index (χ3n) is 5.38. The first-order valence-electron chi connectivity index (χ1n) is 12.1. The van der Waals surface area contributed by atoms with Gasteiger partial charge >= 0.3 is 5.97 Å². The maximum absolute atomic E-state index is 11.7. The van der Waals surface area contributed by atoms with Gasteiger partial charge in [0, 0.05) is 6.42 Å². The standard InChI is InChI=1S/C24H46O7/c1-2-3-4-5-6-7-8-9-10-11-12-13-14-15-16-17-22(28)31-19-21(27)24(30)23(29)20(26)18-25/h9-10,20-21,23-27,29-30H,2-8,11-19H2,1H3/b10-9-. The highest BCUT2D eigenvalue weighted by Crippen LogP contribution is 2.11. The van der Waals surface area contributed by atoms with Crippen LogP contribution in [0.15, 0.2) is 12.2 Å². The van der Waals surface area contributed by atoms with Crippen molar-refractivity contribution in [3.05, 3.63) is 12.2 Å². The second-order valence-corrected chi connectivity index (χ2v) is 8.32. The number of allylic oxidation sites excluding steroid dienone is 2. The molecule has 0 bridgehead atoms. The van der Waals surface area contributed by atoms with Gasteiger partial charge in [-0.05, 0) is 32.1 Å². The first-order chi connectivity index (χ1) is 14.9. The first-order valence-corrected chi connectivity index (χ1v) is 12.1. The fourth-order valence-electron chi connectivity index (χ4n) is 3.25. The Bertz CT molecular complexity index is 442. The maximum atomic E-state index is 11.7. The maximum Gasteiger partial charge on any atom is 0.305 e. The summed E-state index contributed by atoms with van der Waals surface area (Å²) in [5.41, 5.74) is 0. The molecule has 7 nitrogen and oxygen atoms in total. The number of ether oxygens (including phenoxy) is 1. The first kappa shape index (κ1) is 30.0. The van der Waals surface area contributed by atoms with Gasteiger partial charge in [-0.3, -0.25) is 4.79 Å². The Morgan fingerprint density at radius 3 is 1.77 bits per heavy atom. The molecule has 0 saturated carbocycles. The zero-order valence-electron chi connectivity index (χ0n) is 19.3. The van der Waals surface area contributed by atoms with Crippen LogP contribution < -0.4 is 0 Å². The summed E-state index contributed by atoms with van der Waals surface area (Å²) >= 11 is 0. The summed E-state index contributed by atoms with van der Waals surface area (Å²) in [5.74, 6) is -0.471. The summed E-state index contributed by atoms with van der Waals surface area (Å²) in [6.45, 7) is 1.02. The number of hydrogen-bond acceptors (Lipinski definition) is 7. The van der Waals surface area contributed by atoms with Crippen molar-refractivity contribution in [1.29, 1.82) is 0 Å². The third-order valence-corrected chi connectivity index (χ3v) is 5.38. The number of esters is 1. The fraction of sp³-hybridized carbons (Fsp3) is 0.875. The molecule has 0 aliphatic heterocycles. The average Bonchev–Trinajstić information content (AvgIpc) is 2.78. The summed E-state index contributed by atoms with van der Waals surface area (Å²) in [7, 11) is 0. The van der Waals surface area contributed by atoms with Crippen LogP contribution in [0.25, 0.3) is 0 Å². The van der Waals surface area contributed by atoms with Gasteiger partial charge in [-0.1, -0.05) is 70.4 Å². The molecule has 0 heterocycles. The lowest BCUT2D eigenvalue weighted by Gasteiger charge is -2.25. The van der Waals surface area contributed by atoms with Crippen LogP contribution in [0.2, 0.25) is 0 Å². The van der Waals surface area contributed by atoms with Crippen molar-refractivity contribution in [3.8, 4) is 0 Å². The molecule has 7 heteroatoms. The number of carbonyl (C=O) groups is 1. The van der Waals surface area contributed by atoms with Crippen molar-refractivity contribution >= 4 is 5.97 Å². The molecule has 0 spiro atoms. The van der Waals surface area contributed by atoms with Gasteiger partial charge in [0.1, 0.15) is 31.0 Å². The van der Waals surface area contributed by atoms with Crippen molar-refractivity contribution < 1.29 is 35.1 Å². The van der Waals surface area contributed by atoms with Crippen molar-refractivity contribution in [3.63, 3.8) is 0 Å². The smallest absolute Gasteiger partial charge is 0.305 e. The Morgan fingerprint density at radius 1 is 0.742 bits per heavy atom. The van der Waals surface area contributed by atoms with E-state index in [1.165, 1.54) is 44.9 Å². The van der Waals surface area contributed by atoms with Gasteiger partial charge in [0.05, 0.1) is 6.61 Å². The summed E-state index contributed by atoms with van der Waals surface area (Å²) in [5, 5.41) is 46.8. The normalized spacial score (nSPS) is 15.7. The van der Waals surface area contributed by atoms with Gasteiger partial charge in [0.15, 0.2) is 0 Å². The Balaban J connectivity index is 3.55. The lowest BCUT2D eigenvalue weighted by atomic mass is 10.0. The predicted molar refractivity (Wildman–Crippen MR) is 122 cm³/mol. The van der Waals surface area contributed by atoms with Crippen LogP contribution >= 0.6 is 0 Å². The van der Waals surface area contributed by atoms with Crippen LogP contribution in [0.4, 0.5) is 0 Å². The summed E-state index contributed by atoms with van der Waals surface area (Å²) in [6, 6.07) is 0. The van der Waals surface area contributed by atoms with E-state index in [9.17, 15) is 25.2 Å². The van der Waals surface area contributed by atoms with E-state index >= 15 is 0 Å². The molecule has 4 atom stereocenters. The van der Waals surface area contributed by atoms with Crippen molar-refractivity contribution in [2.45, 2.75) is 121 Å². The largest absolute Gasteiger partial charge is 0.463 e. The molecule has 31 heavy (non-hydrogen) atoms. The minimum Gasteiger partial charge on any atom is -0.463 e. The number of unbranched alkanes of at least 4 members (excludes halogenated alkanes) is 11. The van der Waals surface area contributed by atoms with Crippen molar-refractivity contribution in [2.75, 3.05) is 13.2 Å². The van der Waals surface area contributed by atoms with Gasteiger partial charge in [0.2, 0.25) is 0 Å². The quantitative estimate of drug-likeness (QED) is 0.104. The van der Waals surface area contributed by atoms with Crippen LogP contribution in [0.3, 0.4) is 0 Å². The van der Waals surface area contributed by atoms with Gasteiger partial charge in [-0.15, -0.1) is 0 Å². The Labute approximate surface area is 188 Å². The Morgan fingerprint density at radius 2 is 1.23 bits per heavy atom. The lowest BCUT2D eigenvalue weighted by Crippen LogP contribution is -2.47. The molecule has 0 amide bonds.